The SMILES string of the molecule is O=C(O)C(Oc1cc(F)c(Br)cc1-c1ccon1)C1CC1. The number of carboxylic acids is 1. The fraction of sp³-hybridized carbons (Fsp3) is 0.286. The molecule has 2 aromatic rings. The smallest absolute Gasteiger partial charge is 0.345 e. The number of benzene rings is 1. The van der Waals surface area contributed by atoms with E-state index in [0.29, 0.717) is 11.3 Å². The fourth-order valence-corrected chi connectivity index (χ4v) is 2.41. The zero-order valence-corrected chi connectivity index (χ0v) is 12.3. The van der Waals surface area contributed by atoms with Gasteiger partial charge in [0.2, 0.25) is 0 Å². The van der Waals surface area contributed by atoms with Crippen LogP contribution in [0.2, 0.25) is 0 Å². The average molecular weight is 356 g/mol. The summed E-state index contributed by atoms with van der Waals surface area (Å²) in [5, 5.41) is 13.0. The van der Waals surface area contributed by atoms with Gasteiger partial charge < -0.3 is 14.4 Å². The number of carbonyl (C=O) groups is 1. The van der Waals surface area contributed by atoms with E-state index in [1.807, 2.05) is 0 Å². The van der Waals surface area contributed by atoms with E-state index >= 15 is 0 Å². The van der Waals surface area contributed by atoms with Crippen LogP contribution in [0.25, 0.3) is 11.3 Å². The highest BCUT2D eigenvalue weighted by atomic mass is 79.9. The Kier molecular flexibility index (Phi) is 3.67. The first-order valence-corrected chi connectivity index (χ1v) is 7.15. The van der Waals surface area contributed by atoms with Gasteiger partial charge in [-0.2, -0.15) is 0 Å². The zero-order valence-electron chi connectivity index (χ0n) is 10.8. The minimum Gasteiger partial charge on any atom is -0.478 e. The van der Waals surface area contributed by atoms with Crippen LogP contribution in [0.1, 0.15) is 12.8 Å². The zero-order chi connectivity index (χ0) is 15.0. The van der Waals surface area contributed by atoms with Crippen LogP contribution in [0.15, 0.2) is 33.5 Å². The van der Waals surface area contributed by atoms with Gasteiger partial charge in [0, 0.05) is 23.6 Å². The van der Waals surface area contributed by atoms with Crippen LogP contribution >= 0.6 is 15.9 Å². The van der Waals surface area contributed by atoms with Gasteiger partial charge in [-0.25, -0.2) is 9.18 Å². The van der Waals surface area contributed by atoms with Crippen LogP contribution in [0, 0.1) is 11.7 Å². The van der Waals surface area contributed by atoms with Crippen LogP contribution in [0.3, 0.4) is 0 Å². The van der Waals surface area contributed by atoms with E-state index < -0.39 is 17.9 Å². The summed E-state index contributed by atoms with van der Waals surface area (Å²) in [6.07, 6.45) is 2.01. The van der Waals surface area contributed by atoms with E-state index in [9.17, 15) is 14.3 Å². The summed E-state index contributed by atoms with van der Waals surface area (Å²) in [7, 11) is 0. The Bertz CT molecular complexity index is 670. The number of aromatic nitrogens is 1. The molecule has 1 N–H and O–H groups in total. The number of rotatable bonds is 5. The van der Waals surface area contributed by atoms with Gasteiger partial charge in [-0.3, -0.25) is 0 Å². The molecule has 0 saturated heterocycles. The van der Waals surface area contributed by atoms with Crippen molar-refractivity contribution in [2.75, 3.05) is 0 Å². The molecule has 1 aromatic carbocycles. The van der Waals surface area contributed by atoms with Gasteiger partial charge in [-0.1, -0.05) is 5.16 Å². The van der Waals surface area contributed by atoms with Crippen molar-refractivity contribution in [2.45, 2.75) is 18.9 Å². The maximum Gasteiger partial charge on any atom is 0.345 e. The van der Waals surface area contributed by atoms with Crippen LogP contribution in [0.4, 0.5) is 4.39 Å². The number of hydrogen-bond acceptors (Lipinski definition) is 4. The predicted octanol–water partition coefficient (Wildman–Crippen LogP) is 3.49. The molecule has 0 spiro atoms. The molecule has 1 fully saturated rings. The average Bonchev–Trinajstić information content (AvgIpc) is 3.13. The number of ether oxygens (including phenoxy) is 1. The molecule has 1 unspecified atom stereocenters. The van der Waals surface area contributed by atoms with Gasteiger partial charge in [0.15, 0.2) is 6.10 Å². The minimum atomic E-state index is -1.05. The Hall–Kier alpha value is -1.89. The highest BCUT2D eigenvalue weighted by molar-refractivity contribution is 9.10. The molecule has 1 aliphatic carbocycles. The second kappa shape index (κ2) is 5.48. The van der Waals surface area contributed by atoms with E-state index in [-0.39, 0.29) is 16.1 Å². The Balaban J connectivity index is 2.00. The molecule has 1 aromatic heterocycles. The molecular formula is C14H11BrFNO4. The summed E-state index contributed by atoms with van der Waals surface area (Å²) >= 11 is 3.10. The minimum absolute atomic E-state index is 0.0284. The molecule has 110 valence electrons. The molecule has 1 atom stereocenters. The Morgan fingerprint density at radius 2 is 2.29 bits per heavy atom. The van der Waals surface area contributed by atoms with Gasteiger partial charge in [-0.05, 0) is 34.8 Å². The Labute approximate surface area is 127 Å². The van der Waals surface area contributed by atoms with Crippen LogP contribution in [-0.2, 0) is 4.79 Å². The lowest BCUT2D eigenvalue weighted by atomic mass is 10.1. The lowest BCUT2D eigenvalue weighted by molar-refractivity contribution is -0.146. The van der Waals surface area contributed by atoms with E-state index in [2.05, 4.69) is 21.1 Å². The van der Waals surface area contributed by atoms with Crippen molar-refractivity contribution in [2.24, 2.45) is 5.92 Å². The monoisotopic (exact) mass is 355 g/mol. The van der Waals surface area contributed by atoms with Crippen LogP contribution < -0.4 is 4.74 Å². The standard InChI is InChI=1S/C14H11BrFNO4/c15-9-5-8(11-3-4-20-17-11)12(6-10(9)16)21-13(14(18)19)7-1-2-7/h3-7,13H,1-2H2,(H,18,19). The van der Waals surface area contributed by atoms with Crippen molar-refractivity contribution >= 4 is 21.9 Å². The van der Waals surface area contributed by atoms with Crippen molar-refractivity contribution in [1.82, 2.24) is 5.16 Å². The maximum atomic E-state index is 13.8. The lowest BCUT2D eigenvalue weighted by Crippen LogP contribution is -2.29. The molecule has 0 radical (unpaired) electrons. The summed E-state index contributed by atoms with van der Waals surface area (Å²) in [6, 6.07) is 4.25. The van der Waals surface area contributed by atoms with Gasteiger partial charge in [0.05, 0.1) is 4.47 Å². The number of carboxylic acid groups (broad SMARTS) is 1. The van der Waals surface area contributed by atoms with Crippen molar-refractivity contribution in [1.29, 1.82) is 0 Å². The van der Waals surface area contributed by atoms with E-state index in [1.54, 1.807) is 6.07 Å². The Morgan fingerprint density at radius 1 is 1.52 bits per heavy atom. The van der Waals surface area contributed by atoms with Crippen molar-refractivity contribution in [3.8, 4) is 17.0 Å². The van der Waals surface area contributed by atoms with Crippen LogP contribution in [0.5, 0.6) is 5.75 Å². The van der Waals surface area contributed by atoms with E-state index in [0.717, 1.165) is 18.9 Å². The highest BCUT2D eigenvalue weighted by Gasteiger charge is 2.38. The molecule has 21 heavy (non-hydrogen) atoms. The number of halogens is 2. The second-order valence-corrected chi connectivity index (χ2v) is 5.72. The summed E-state index contributed by atoms with van der Waals surface area (Å²) < 4.78 is 24.3. The van der Waals surface area contributed by atoms with Crippen LogP contribution in [-0.4, -0.2) is 22.3 Å². The molecule has 0 bridgehead atoms. The lowest BCUT2D eigenvalue weighted by Gasteiger charge is -2.17. The topological polar surface area (TPSA) is 72.6 Å². The summed E-state index contributed by atoms with van der Waals surface area (Å²) in [5.41, 5.74) is 0.926. The first kappa shape index (κ1) is 14.1. The number of aliphatic carboxylic acids is 1. The third kappa shape index (κ3) is 2.92. The van der Waals surface area contributed by atoms with E-state index in [4.69, 9.17) is 9.26 Å². The molecule has 1 saturated carbocycles. The summed E-state index contributed by atoms with van der Waals surface area (Å²) in [5.74, 6) is -1.47. The molecule has 0 amide bonds. The largest absolute Gasteiger partial charge is 0.478 e. The first-order valence-electron chi connectivity index (χ1n) is 6.35. The molecule has 1 heterocycles. The fourth-order valence-electron chi connectivity index (χ4n) is 2.06. The molecule has 3 rings (SSSR count). The second-order valence-electron chi connectivity index (χ2n) is 4.86. The molecule has 1 aliphatic rings. The predicted molar refractivity (Wildman–Crippen MR) is 74.4 cm³/mol. The van der Waals surface area contributed by atoms with Crippen molar-refractivity contribution < 1.29 is 23.6 Å². The van der Waals surface area contributed by atoms with Crippen molar-refractivity contribution in [3.63, 3.8) is 0 Å². The Morgan fingerprint density at radius 3 is 2.86 bits per heavy atom. The van der Waals surface area contributed by atoms with Gasteiger partial charge in [0.1, 0.15) is 23.5 Å². The molecule has 7 heteroatoms. The number of nitrogens with zero attached hydrogens (tertiary/aromatic N) is 1. The normalized spacial score (nSPS) is 15.7. The van der Waals surface area contributed by atoms with E-state index in [1.165, 1.54) is 12.3 Å². The van der Waals surface area contributed by atoms with Gasteiger partial charge >= 0.3 is 5.97 Å². The highest BCUT2D eigenvalue weighted by Crippen LogP contribution is 2.39. The summed E-state index contributed by atoms with van der Waals surface area (Å²) in [6.45, 7) is 0. The van der Waals surface area contributed by atoms with Gasteiger partial charge in [0.25, 0.3) is 0 Å². The van der Waals surface area contributed by atoms with Crippen molar-refractivity contribution in [3.05, 3.63) is 34.8 Å². The molecular weight excluding hydrogens is 345 g/mol. The first-order chi connectivity index (χ1) is 10.1. The third-order valence-electron chi connectivity index (χ3n) is 3.28. The quantitative estimate of drug-likeness (QED) is 0.888. The number of hydrogen-bond donors (Lipinski definition) is 1. The summed E-state index contributed by atoms with van der Waals surface area (Å²) in [4.78, 5) is 11.3. The molecule has 5 nitrogen and oxygen atoms in total. The third-order valence-corrected chi connectivity index (χ3v) is 3.89. The van der Waals surface area contributed by atoms with Gasteiger partial charge in [-0.15, -0.1) is 0 Å². The maximum absolute atomic E-state index is 13.8. The molecule has 0 aliphatic heterocycles.